The molecular formula is C10H13NO2S. The summed E-state index contributed by atoms with van der Waals surface area (Å²) in [5, 5.41) is 0. The molecule has 0 aliphatic heterocycles. The van der Waals surface area contributed by atoms with E-state index in [2.05, 4.69) is 4.98 Å². The Kier molecular flexibility index (Phi) is 4.46. The van der Waals surface area contributed by atoms with Crippen molar-refractivity contribution in [2.75, 3.05) is 18.6 Å². The fourth-order valence-electron chi connectivity index (χ4n) is 1.03. The lowest BCUT2D eigenvalue weighted by Gasteiger charge is -2.04. The standard InChI is InChI=1S/C10H13NO2S/c1-3-14-7-8(12)10-9(13-2)5-4-6-11-10/h4-6H,3,7H2,1-2H3. The first-order chi connectivity index (χ1) is 6.79. The Morgan fingerprint density at radius 3 is 3.07 bits per heavy atom. The fourth-order valence-corrected chi connectivity index (χ4v) is 1.55. The molecule has 0 aliphatic carbocycles. The van der Waals surface area contributed by atoms with Crippen LogP contribution in [0.25, 0.3) is 0 Å². The SMILES string of the molecule is CCSCC(=O)c1ncccc1OC. The summed E-state index contributed by atoms with van der Waals surface area (Å²) in [5.74, 6) is 1.97. The first kappa shape index (κ1) is 11.0. The van der Waals surface area contributed by atoms with Crippen molar-refractivity contribution in [3.63, 3.8) is 0 Å². The number of hydrogen-bond donors (Lipinski definition) is 0. The Labute approximate surface area is 87.9 Å². The molecule has 0 aromatic carbocycles. The number of carbonyl (C=O) groups is 1. The molecular weight excluding hydrogens is 198 g/mol. The van der Waals surface area contributed by atoms with E-state index in [0.717, 1.165) is 5.75 Å². The molecule has 0 aliphatic rings. The normalized spacial score (nSPS) is 9.86. The molecule has 14 heavy (non-hydrogen) atoms. The van der Waals surface area contributed by atoms with E-state index in [-0.39, 0.29) is 5.78 Å². The minimum atomic E-state index is 0.0225. The van der Waals surface area contributed by atoms with Gasteiger partial charge in [0.05, 0.1) is 12.9 Å². The summed E-state index contributed by atoms with van der Waals surface area (Å²) in [6.45, 7) is 2.02. The van der Waals surface area contributed by atoms with E-state index in [1.807, 2.05) is 6.92 Å². The van der Waals surface area contributed by atoms with Crippen molar-refractivity contribution in [1.82, 2.24) is 4.98 Å². The molecule has 0 saturated heterocycles. The summed E-state index contributed by atoms with van der Waals surface area (Å²) in [7, 11) is 1.54. The highest BCUT2D eigenvalue weighted by molar-refractivity contribution is 7.99. The average molecular weight is 211 g/mol. The zero-order chi connectivity index (χ0) is 10.4. The molecule has 0 saturated carbocycles. The third-order valence-corrected chi connectivity index (χ3v) is 2.57. The van der Waals surface area contributed by atoms with Gasteiger partial charge in [-0.15, -0.1) is 0 Å². The van der Waals surface area contributed by atoms with Gasteiger partial charge in [-0.3, -0.25) is 4.79 Å². The topological polar surface area (TPSA) is 39.2 Å². The highest BCUT2D eigenvalue weighted by Gasteiger charge is 2.12. The second kappa shape index (κ2) is 5.65. The zero-order valence-electron chi connectivity index (χ0n) is 8.32. The maximum atomic E-state index is 11.6. The number of methoxy groups -OCH3 is 1. The van der Waals surface area contributed by atoms with Gasteiger partial charge in [0.25, 0.3) is 0 Å². The summed E-state index contributed by atoms with van der Waals surface area (Å²) in [6, 6.07) is 3.50. The van der Waals surface area contributed by atoms with Crippen molar-refractivity contribution in [3.8, 4) is 5.75 Å². The van der Waals surface area contributed by atoms with E-state index >= 15 is 0 Å². The van der Waals surface area contributed by atoms with Gasteiger partial charge in [-0.25, -0.2) is 4.98 Å². The number of Topliss-reactive ketones (excluding diaryl/α,β-unsaturated/α-hetero) is 1. The maximum absolute atomic E-state index is 11.6. The second-order valence-electron chi connectivity index (χ2n) is 2.61. The molecule has 76 valence electrons. The number of rotatable bonds is 5. The number of ketones is 1. The Morgan fingerprint density at radius 1 is 1.64 bits per heavy atom. The Hall–Kier alpha value is -1.03. The molecule has 0 amide bonds. The van der Waals surface area contributed by atoms with E-state index in [4.69, 9.17) is 4.74 Å². The Balaban J connectivity index is 2.78. The van der Waals surface area contributed by atoms with E-state index in [1.165, 1.54) is 0 Å². The molecule has 0 radical (unpaired) electrons. The number of aromatic nitrogens is 1. The first-order valence-electron chi connectivity index (χ1n) is 4.39. The van der Waals surface area contributed by atoms with Crippen LogP contribution in [-0.2, 0) is 0 Å². The third kappa shape index (κ3) is 2.73. The number of nitrogens with zero attached hydrogens (tertiary/aromatic N) is 1. The predicted octanol–water partition coefficient (Wildman–Crippen LogP) is 2.03. The zero-order valence-corrected chi connectivity index (χ0v) is 9.13. The van der Waals surface area contributed by atoms with Crippen LogP contribution in [0.2, 0.25) is 0 Å². The van der Waals surface area contributed by atoms with Gasteiger partial charge < -0.3 is 4.74 Å². The Bertz CT molecular complexity index is 315. The van der Waals surface area contributed by atoms with Gasteiger partial charge in [0, 0.05) is 6.20 Å². The lowest BCUT2D eigenvalue weighted by Crippen LogP contribution is -2.07. The monoisotopic (exact) mass is 211 g/mol. The lowest BCUT2D eigenvalue weighted by atomic mass is 10.2. The molecule has 0 atom stereocenters. The highest BCUT2D eigenvalue weighted by atomic mass is 32.2. The molecule has 1 rings (SSSR count). The summed E-state index contributed by atoms with van der Waals surface area (Å²) >= 11 is 1.59. The molecule has 3 nitrogen and oxygen atoms in total. The van der Waals surface area contributed by atoms with E-state index in [9.17, 15) is 4.79 Å². The van der Waals surface area contributed by atoms with Crippen molar-refractivity contribution in [2.45, 2.75) is 6.92 Å². The molecule has 4 heteroatoms. The summed E-state index contributed by atoms with van der Waals surface area (Å²) in [5.41, 5.74) is 0.427. The van der Waals surface area contributed by atoms with Gasteiger partial charge in [0.2, 0.25) is 0 Å². The minimum absolute atomic E-state index is 0.0225. The first-order valence-corrected chi connectivity index (χ1v) is 5.55. The number of pyridine rings is 1. The van der Waals surface area contributed by atoms with Gasteiger partial charge in [-0.05, 0) is 17.9 Å². The van der Waals surface area contributed by atoms with Crippen LogP contribution in [0, 0.1) is 0 Å². The van der Waals surface area contributed by atoms with Gasteiger partial charge in [0.15, 0.2) is 5.78 Å². The highest BCUT2D eigenvalue weighted by Crippen LogP contribution is 2.16. The number of carbonyl (C=O) groups excluding carboxylic acids is 1. The molecule has 1 aromatic heterocycles. The van der Waals surface area contributed by atoms with Gasteiger partial charge in [-0.2, -0.15) is 11.8 Å². The van der Waals surface area contributed by atoms with Crippen molar-refractivity contribution < 1.29 is 9.53 Å². The molecule has 1 aromatic rings. The predicted molar refractivity (Wildman–Crippen MR) is 58.1 cm³/mol. The van der Waals surface area contributed by atoms with Crippen molar-refractivity contribution in [3.05, 3.63) is 24.0 Å². The quantitative estimate of drug-likeness (QED) is 0.698. The number of thioether (sulfide) groups is 1. The van der Waals surface area contributed by atoms with Crippen LogP contribution in [0.3, 0.4) is 0 Å². The molecule has 0 N–H and O–H groups in total. The van der Waals surface area contributed by atoms with E-state index < -0.39 is 0 Å². The molecule has 0 bridgehead atoms. The number of hydrogen-bond acceptors (Lipinski definition) is 4. The van der Waals surface area contributed by atoms with Crippen molar-refractivity contribution >= 4 is 17.5 Å². The summed E-state index contributed by atoms with van der Waals surface area (Å²) < 4.78 is 5.05. The van der Waals surface area contributed by atoms with Gasteiger partial charge >= 0.3 is 0 Å². The summed E-state index contributed by atoms with van der Waals surface area (Å²) in [4.78, 5) is 15.6. The minimum Gasteiger partial charge on any atom is -0.494 e. The smallest absolute Gasteiger partial charge is 0.194 e. The summed E-state index contributed by atoms with van der Waals surface area (Å²) in [6.07, 6.45) is 1.60. The van der Waals surface area contributed by atoms with Crippen LogP contribution in [-0.4, -0.2) is 29.4 Å². The molecule has 0 unspecified atom stereocenters. The van der Waals surface area contributed by atoms with E-state index in [1.54, 1.807) is 37.2 Å². The molecule has 1 heterocycles. The lowest BCUT2D eigenvalue weighted by molar-refractivity contribution is 0.101. The largest absolute Gasteiger partial charge is 0.494 e. The van der Waals surface area contributed by atoms with Crippen LogP contribution in [0.15, 0.2) is 18.3 Å². The van der Waals surface area contributed by atoms with Gasteiger partial charge in [0.1, 0.15) is 11.4 Å². The average Bonchev–Trinajstić information content (AvgIpc) is 2.25. The van der Waals surface area contributed by atoms with Crippen LogP contribution >= 0.6 is 11.8 Å². The fraction of sp³-hybridized carbons (Fsp3) is 0.400. The second-order valence-corrected chi connectivity index (χ2v) is 3.89. The van der Waals surface area contributed by atoms with Crippen LogP contribution < -0.4 is 4.74 Å². The van der Waals surface area contributed by atoms with Crippen LogP contribution in [0.4, 0.5) is 0 Å². The van der Waals surface area contributed by atoms with Gasteiger partial charge in [-0.1, -0.05) is 6.92 Å². The number of ether oxygens (including phenoxy) is 1. The van der Waals surface area contributed by atoms with Crippen LogP contribution in [0.1, 0.15) is 17.4 Å². The van der Waals surface area contributed by atoms with Crippen molar-refractivity contribution in [2.24, 2.45) is 0 Å². The molecule has 0 spiro atoms. The van der Waals surface area contributed by atoms with E-state index in [0.29, 0.717) is 17.2 Å². The maximum Gasteiger partial charge on any atom is 0.194 e. The Morgan fingerprint density at radius 2 is 2.43 bits per heavy atom. The van der Waals surface area contributed by atoms with Crippen LogP contribution in [0.5, 0.6) is 5.75 Å². The molecule has 0 fully saturated rings. The van der Waals surface area contributed by atoms with Crippen molar-refractivity contribution in [1.29, 1.82) is 0 Å². The third-order valence-electron chi connectivity index (χ3n) is 1.69.